The molecule has 5 aromatic heterocycles. The van der Waals surface area contributed by atoms with Crippen LogP contribution in [-0.4, -0.2) is 229 Å². The minimum absolute atomic E-state index is 0.203. The molecule has 10 aliphatic rings. The molecule has 23 nitrogen and oxygen atoms in total. The van der Waals surface area contributed by atoms with Crippen LogP contribution in [0.1, 0.15) is 219 Å². The van der Waals surface area contributed by atoms with E-state index in [0.717, 1.165) is 276 Å². The molecule has 0 spiro atoms. The van der Waals surface area contributed by atoms with Crippen LogP contribution >= 0.6 is 15.9 Å². The Labute approximate surface area is 873 Å². The third-order valence-electron chi connectivity index (χ3n) is 32.4. The van der Waals surface area contributed by atoms with E-state index in [9.17, 15) is 13.6 Å². The summed E-state index contributed by atoms with van der Waals surface area (Å²) in [5, 5.41) is 20.3. The first-order chi connectivity index (χ1) is 72.5. The number of benzene rings is 10. The Morgan fingerprint density at radius 3 is 1.10 bits per heavy atom. The Balaban J connectivity index is 0.000000108. The summed E-state index contributed by atoms with van der Waals surface area (Å²) in [6, 6.07) is 89.3. The highest BCUT2D eigenvalue weighted by atomic mass is 79.9. The van der Waals surface area contributed by atoms with E-state index < -0.39 is 0 Å². The van der Waals surface area contributed by atoms with Gasteiger partial charge in [0.25, 0.3) is 0 Å². The average Bonchev–Trinajstić information content (AvgIpc) is 1.67. The number of nitrogens with one attached hydrogen (secondary N) is 6. The quantitative estimate of drug-likeness (QED) is 0.0295. The lowest BCUT2D eigenvalue weighted by Gasteiger charge is -2.34. The van der Waals surface area contributed by atoms with Crippen LogP contribution in [0, 0.1) is 11.6 Å². The molecule has 0 saturated carbocycles. The molecule has 0 aliphatic carbocycles. The highest BCUT2D eigenvalue weighted by Gasteiger charge is 2.37. The molecule has 0 unspecified atom stereocenters. The van der Waals surface area contributed by atoms with E-state index in [-0.39, 0.29) is 17.7 Å². The van der Waals surface area contributed by atoms with Gasteiger partial charge in [0.1, 0.15) is 47.1 Å². The number of carbonyl (C=O) groups excluding carboxylic acids is 1. The maximum absolute atomic E-state index is 14.4. The molecule has 10 fully saturated rings. The van der Waals surface area contributed by atoms with E-state index in [0.29, 0.717) is 78.5 Å². The van der Waals surface area contributed by atoms with Crippen molar-refractivity contribution in [3.05, 3.63) is 334 Å². The normalized spacial score (nSPS) is 21.0. The number of hydrogen-bond donors (Lipinski definition) is 6. The molecule has 0 radical (unpaired) electrons. The fraction of sp³-hybridized carbons (Fsp3) is 0.438. The number of ether oxygens (including phenoxy) is 1. The average molecular weight is 2040 g/mol. The van der Waals surface area contributed by atoms with Gasteiger partial charge in [0.05, 0.1) is 49.7 Å². The number of alkyl carbamates (subject to hydrolysis) is 1. The molecule has 15 aromatic rings. The lowest BCUT2D eigenvalue weighted by Crippen LogP contribution is -2.37. The number of likely N-dealkylation sites (tertiary alicyclic amines) is 5. The van der Waals surface area contributed by atoms with Gasteiger partial charge < -0.3 is 64.4 Å². The fourth-order valence-corrected chi connectivity index (χ4v) is 25.0. The minimum Gasteiger partial charge on any atom is -0.445 e. The van der Waals surface area contributed by atoms with Crippen LogP contribution in [0.15, 0.2) is 265 Å². The van der Waals surface area contributed by atoms with Crippen molar-refractivity contribution in [3.63, 3.8) is 0 Å². The van der Waals surface area contributed by atoms with Gasteiger partial charge in [-0.15, -0.1) is 0 Å². The van der Waals surface area contributed by atoms with Gasteiger partial charge in [-0.05, 0) is 237 Å². The van der Waals surface area contributed by atoms with Crippen molar-refractivity contribution in [2.24, 2.45) is 0 Å². The lowest BCUT2D eigenvalue weighted by molar-refractivity contribution is 0.138. The number of para-hydroxylation sites is 5. The SMILES string of the molecule is Brc1ccc2c(c1)nc([C@@H]1CCNC1)n2C1CCN(Cc2ccccc2)CC1.C(=C\c1ccccc1)/CN1CCC(n2c([C@@H]3CCNC3)nc3ccccc32)CC1.Fc1ccc2c(c1)nc([C@@H]1CCNC1)n2C1CCN(Cc2ccccc2)CC1.Fc1cccc2c1nc([C@@H]1CCNC1)n2C1CCN(Cc2ccccc2)CC1.O=C(NCCCN1CCC(n2c([C@@H]3CCNC3)nc3ccccc32)CC1)OCc1ccccc1. The van der Waals surface area contributed by atoms with Crippen molar-refractivity contribution >= 4 is 83.3 Å². The maximum atomic E-state index is 14.4. The van der Waals surface area contributed by atoms with Gasteiger partial charge in [0.2, 0.25) is 0 Å². The largest absolute Gasteiger partial charge is 0.445 e. The number of rotatable bonds is 25. The third kappa shape index (κ3) is 25.3. The summed E-state index contributed by atoms with van der Waals surface area (Å²) in [5.74, 6) is 8.09. The smallest absolute Gasteiger partial charge is 0.407 e. The van der Waals surface area contributed by atoms with Crippen LogP contribution in [0.2, 0.25) is 0 Å². The van der Waals surface area contributed by atoms with Gasteiger partial charge >= 0.3 is 6.09 Å². The number of nitrogens with zero attached hydrogens (tertiary/aromatic N) is 15. The number of carbonyl (C=O) groups is 1. The molecule has 147 heavy (non-hydrogen) atoms. The van der Waals surface area contributed by atoms with Crippen LogP contribution in [-0.2, 0) is 31.0 Å². The highest BCUT2D eigenvalue weighted by molar-refractivity contribution is 9.10. The summed E-state index contributed by atoms with van der Waals surface area (Å²) in [6.07, 6.45) is 22.3. The van der Waals surface area contributed by atoms with Crippen molar-refractivity contribution in [2.45, 2.75) is 189 Å². The second-order valence-electron chi connectivity index (χ2n) is 42.2. The Hall–Kier alpha value is -11.5. The zero-order chi connectivity index (χ0) is 99.4. The molecule has 6 N–H and O–H groups in total. The van der Waals surface area contributed by atoms with Crippen LogP contribution in [0.5, 0.6) is 0 Å². The second kappa shape index (κ2) is 49.8. The van der Waals surface area contributed by atoms with Crippen LogP contribution in [0.3, 0.4) is 0 Å². The molecule has 26 heteroatoms. The Morgan fingerprint density at radius 2 is 0.687 bits per heavy atom. The van der Waals surface area contributed by atoms with Gasteiger partial charge in [-0.2, -0.15) is 0 Å². The van der Waals surface area contributed by atoms with E-state index in [4.69, 9.17) is 29.7 Å². The highest BCUT2D eigenvalue weighted by Crippen LogP contribution is 2.42. The molecule has 1 amide bonds. The molecule has 0 bridgehead atoms. The Bertz CT molecular complexity index is 6570. The molecule has 5 atom stereocenters. The monoisotopic (exact) mass is 2040 g/mol. The van der Waals surface area contributed by atoms with E-state index in [1.807, 2.05) is 48.5 Å². The maximum Gasteiger partial charge on any atom is 0.407 e. The zero-order valence-electron chi connectivity index (χ0n) is 85.2. The number of imidazole rings is 5. The summed E-state index contributed by atoms with van der Waals surface area (Å²) < 4.78 is 47.2. The van der Waals surface area contributed by atoms with E-state index in [1.165, 1.54) is 107 Å². The first-order valence-corrected chi connectivity index (χ1v) is 55.7. The van der Waals surface area contributed by atoms with Crippen molar-refractivity contribution in [2.75, 3.05) is 151 Å². The number of aromatic nitrogens is 10. The first-order valence-electron chi connectivity index (χ1n) is 54.9. The van der Waals surface area contributed by atoms with Crippen LogP contribution < -0.4 is 31.9 Å². The van der Waals surface area contributed by atoms with Crippen molar-refractivity contribution in [1.29, 1.82) is 0 Å². The summed E-state index contributed by atoms with van der Waals surface area (Å²) in [6.45, 7) is 27.5. The molecule has 768 valence electrons. The molecular weight excluding hydrogens is 1900 g/mol. The second-order valence-corrected chi connectivity index (χ2v) is 43.2. The van der Waals surface area contributed by atoms with E-state index >= 15 is 0 Å². The van der Waals surface area contributed by atoms with Gasteiger partial charge in [0.15, 0.2) is 5.82 Å². The number of halogens is 3. The molecule has 10 aromatic carbocycles. The molecule has 25 rings (SSSR count). The topological polar surface area (TPSA) is 204 Å². The van der Waals surface area contributed by atoms with Gasteiger partial charge in [-0.1, -0.05) is 210 Å². The number of fused-ring (bicyclic) bond motifs is 5. The summed E-state index contributed by atoms with van der Waals surface area (Å²) >= 11 is 3.62. The van der Waals surface area contributed by atoms with Crippen molar-refractivity contribution in [3.8, 4) is 0 Å². The van der Waals surface area contributed by atoms with Crippen molar-refractivity contribution in [1.82, 2.24) is 104 Å². The lowest BCUT2D eigenvalue weighted by atomic mass is 10.0. The summed E-state index contributed by atoms with van der Waals surface area (Å²) in [5.41, 5.74) is 17.1. The van der Waals surface area contributed by atoms with E-state index in [1.54, 1.807) is 12.1 Å². The number of amides is 1. The Morgan fingerprint density at radius 1 is 0.347 bits per heavy atom. The minimum atomic E-state index is -0.344. The molecule has 10 saturated heterocycles. The predicted molar refractivity (Wildman–Crippen MR) is 592 cm³/mol. The summed E-state index contributed by atoms with van der Waals surface area (Å²) in [4.78, 5) is 49.6. The molecule has 15 heterocycles. The molecule has 10 aliphatic heterocycles. The van der Waals surface area contributed by atoms with Gasteiger partial charge in [-0.3, -0.25) is 19.6 Å². The van der Waals surface area contributed by atoms with Crippen LogP contribution in [0.25, 0.3) is 61.2 Å². The van der Waals surface area contributed by atoms with E-state index in [2.05, 4.69) is 295 Å². The van der Waals surface area contributed by atoms with Gasteiger partial charge in [-0.25, -0.2) is 38.5 Å². The number of hydrogen-bond acceptors (Lipinski definition) is 17. The zero-order valence-corrected chi connectivity index (χ0v) is 86.8. The standard InChI is InChI=1S/C27H35N5O2.C25H30N4.C23H27BrN4.2C23H27FN4/c33-27(34-20-21-7-2-1-3-8-21)29-14-6-16-31-17-12-23(13-18-31)32-25-10-5-4-9-24(25)30-26(32)22-11-15-28-19-22;1-2-7-20(8-3-1)9-6-16-28-17-13-22(14-18-28)29-24-11-5-4-10-23(24)27-25(29)21-12-15-26-19-21;24-19-6-7-22-21(14-19)26-23(18-8-11-25-15-18)28(22)20-9-12-27(13-10-20)16-17-4-2-1-3-5-17;24-20-7-4-8-21-22(20)26-23(18-9-12-25-15-18)28(21)19-10-13-27(14-11-19)16-17-5-2-1-3-6-17;24-19-6-7-22-21(14-19)26-23(18-8-11-25-15-18)28(22)20-9-12-27(13-10-20)16-17-4-2-1-3-5-17/h1-5,7-10,22-23,28H,6,11-20H2,(H,29,33);1-11,21-22,26H,12-19H2;1-7,14,18,20,25H,8-13,15-16H2;1-8,18-19,25H,9-16H2;1-7,14,18,20,25H,8-13,15-16H2/b;9-6+;;;/t22-;21-;3*18-/m11111/s1. The molecular formula is C121H146BrF2N21O2. The Kier molecular flexibility index (Phi) is 34.3. The van der Waals surface area contributed by atoms with Gasteiger partial charge in [0, 0.05) is 201 Å². The fourth-order valence-electron chi connectivity index (χ4n) is 24.6. The van der Waals surface area contributed by atoms with Crippen LogP contribution in [0.4, 0.5) is 13.6 Å². The summed E-state index contributed by atoms with van der Waals surface area (Å²) in [7, 11) is 0. The number of piperidine rings is 5. The van der Waals surface area contributed by atoms with Crippen molar-refractivity contribution < 1.29 is 18.3 Å². The third-order valence-corrected chi connectivity index (χ3v) is 32.9. The predicted octanol–water partition coefficient (Wildman–Crippen LogP) is 21.4. The first kappa shape index (κ1) is 101.